The third-order valence-electron chi connectivity index (χ3n) is 7.51. The Kier molecular flexibility index (Phi) is 13.4. The van der Waals surface area contributed by atoms with E-state index in [1.54, 1.807) is 30.3 Å². The van der Waals surface area contributed by atoms with Gasteiger partial charge in [0, 0.05) is 41.7 Å². The Morgan fingerprint density at radius 3 is 2.04 bits per heavy atom. The molecule has 0 spiro atoms. The fraction of sp³-hybridized carbons (Fsp3) is 0.314. The molecular formula is C35H40FN2NaO7. The zero-order chi connectivity index (χ0) is 32.7. The molecule has 11 heteroatoms. The average molecular weight is 643 g/mol. The van der Waals surface area contributed by atoms with Gasteiger partial charge in [0.15, 0.2) is 0 Å². The summed E-state index contributed by atoms with van der Waals surface area (Å²) in [6.45, 7) is 4.17. The summed E-state index contributed by atoms with van der Waals surface area (Å²) < 4.78 is 26.9. The van der Waals surface area contributed by atoms with Gasteiger partial charge in [-0.25, -0.2) is 4.39 Å². The van der Waals surface area contributed by atoms with Crippen LogP contribution in [0.25, 0.3) is 22.4 Å². The van der Waals surface area contributed by atoms with E-state index in [4.69, 9.17) is 14.6 Å². The first-order chi connectivity index (χ1) is 21.5. The number of nitrogens with zero attached hydrogens (tertiary/aromatic N) is 1. The van der Waals surface area contributed by atoms with Gasteiger partial charge in [-0.3, -0.25) is 9.59 Å². The summed E-state index contributed by atoms with van der Waals surface area (Å²) in [6.07, 6.45) is -2.64. The summed E-state index contributed by atoms with van der Waals surface area (Å²) in [5.41, 5.74) is 4.30. The summed E-state index contributed by atoms with van der Waals surface area (Å²) in [4.78, 5) is 25.4. The minimum atomic E-state index is -1.20. The third-order valence-corrected chi connectivity index (χ3v) is 7.51. The molecule has 0 saturated carbocycles. The maximum atomic E-state index is 14.4. The van der Waals surface area contributed by atoms with E-state index in [0.717, 1.165) is 5.56 Å². The summed E-state index contributed by atoms with van der Waals surface area (Å²) in [5, 5.41) is 32.9. The number of amides is 1. The van der Waals surface area contributed by atoms with Crippen LogP contribution in [0.1, 0.15) is 55.1 Å². The van der Waals surface area contributed by atoms with Crippen molar-refractivity contribution in [2.75, 3.05) is 19.5 Å². The predicted molar refractivity (Wildman–Crippen MR) is 177 cm³/mol. The Bertz CT molecular complexity index is 1600. The third kappa shape index (κ3) is 8.98. The minimum absolute atomic E-state index is 0. The quantitative estimate of drug-likeness (QED) is 0.130. The summed E-state index contributed by atoms with van der Waals surface area (Å²) >= 11 is 0. The molecule has 0 bridgehead atoms. The van der Waals surface area contributed by atoms with Gasteiger partial charge in [0.2, 0.25) is 0 Å². The molecule has 0 saturated heterocycles. The van der Waals surface area contributed by atoms with Gasteiger partial charge in [0.05, 0.1) is 44.1 Å². The number of carbonyl (C=O) groups excluding carboxylic acids is 1. The van der Waals surface area contributed by atoms with Gasteiger partial charge in [-0.2, -0.15) is 0 Å². The Labute approximate surface area is 290 Å². The van der Waals surface area contributed by atoms with Crippen LogP contribution < -0.4 is 14.8 Å². The standard InChI is InChI=1S/C35H39FN2O7.Na.H/c1-21(2)33-32(35(43)37-25-16-28(44-3)20-29(17-25)45-4)31(22-8-6-5-7-9-22)34(23-10-12-24(36)13-11-23)38(33)15-14-26(39)18-27(40)19-30(41)42;;/h5-13,16-17,20-21,26-27,39-40H,14-15,18-19H2,1-4H3,(H,37,43)(H,41,42);;. The molecule has 0 aliphatic heterocycles. The number of aromatic nitrogens is 1. The molecule has 2 unspecified atom stereocenters. The van der Waals surface area contributed by atoms with Gasteiger partial charge in [-0.15, -0.1) is 0 Å². The van der Waals surface area contributed by atoms with Crippen molar-refractivity contribution in [2.45, 2.75) is 57.8 Å². The number of methoxy groups -OCH3 is 2. The number of benzene rings is 3. The molecule has 1 amide bonds. The fourth-order valence-electron chi connectivity index (χ4n) is 5.56. The number of carboxylic acid groups (broad SMARTS) is 1. The van der Waals surface area contributed by atoms with E-state index in [0.29, 0.717) is 45.3 Å². The fourth-order valence-corrected chi connectivity index (χ4v) is 5.56. The van der Waals surface area contributed by atoms with Crippen LogP contribution in [-0.2, 0) is 11.3 Å². The van der Waals surface area contributed by atoms with E-state index in [1.165, 1.54) is 26.4 Å². The maximum absolute atomic E-state index is 14.4. The Hall–Kier alpha value is -3.67. The number of nitrogens with one attached hydrogen (secondary N) is 1. The number of hydrogen-bond donors (Lipinski definition) is 4. The van der Waals surface area contributed by atoms with Crippen LogP contribution >= 0.6 is 0 Å². The van der Waals surface area contributed by atoms with Crippen molar-refractivity contribution >= 4 is 47.1 Å². The number of halogens is 1. The molecule has 1 heterocycles. The Balaban J connectivity index is 0.00000576. The van der Waals surface area contributed by atoms with Crippen LogP contribution in [0.4, 0.5) is 10.1 Å². The number of aliphatic carboxylic acids is 1. The second-order valence-electron chi connectivity index (χ2n) is 11.1. The zero-order valence-corrected chi connectivity index (χ0v) is 25.8. The molecule has 4 aromatic rings. The van der Waals surface area contributed by atoms with Gasteiger partial charge in [0.1, 0.15) is 17.3 Å². The summed E-state index contributed by atoms with van der Waals surface area (Å²) in [6, 6.07) is 20.5. The first kappa shape index (κ1) is 36.8. The number of anilines is 1. The van der Waals surface area contributed by atoms with Crippen molar-refractivity contribution in [3.05, 3.63) is 89.9 Å². The van der Waals surface area contributed by atoms with Crippen LogP contribution in [0.3, 0.4) is 0 Å². The van der Waals surface area contributed by atoms with E-state index in [-0.39, 0.29) is 60.8 Å². The second-order valence-corrected chi connectivity index (χ2v) is 11.1. The number of rotatable bonds is 14. The first-order valence-corrected chi connectivity index (χ1v) is 14.7. The molecule has 46 heavy (non-hydrogen) atoms. The van der Waals surface area contributed by atoms with Crippen LogP contribution in [0.15, 0.2) is 72.8 Å². The van der Waals surface area contributed by atoms with E-state index in [2.05, 4.69) is 5.32 Å². The predicted octanol–water partition coefficient (Wildman–Crippen LogP) is 5.68. The topological polar surface area (TPSA) is 130 Å². The van der Waals surface area contributed by atoms with Crippen molar-refractivity contribution < 1.29 is 38.8 Å². The number of aliphatic hydroxyl groups is 2. The average Bonchev–Trinajstić information content (AvgIpc) is 3.35. The SMILES string of the molecule is COc1cc(NC(=O)c2c(-c3ccccc3)c(-c3ccc(F)cc3)n(CCC(O)CC(O)CC(=O)O)c2C(C)C)cc(OC)c1.[NaH]. The van der Waals surface area contributed by atoms with Gasteiger partial charge in [-0.1, -0.05) is 44.2 Å². The molecule has 4 N–H and O–H groups in total. The zero-order valence-electron chi connectivity index (χ0n) is 25.8. The number of carboxylic acids is 1. The second kappa shape index (κ2) is 16.8. The van der Waals surface area contributed by atoms with Crippen molar-refractivity contribution in [2.24, 2.45) is 0 Å². The van der Waals surface area contributed by atoms with Gasteiger partial charge in [-0.05, 0) is 54.2 Å². The van der Waals surface area contributed by atoms with Gasteiger partial charge >= 0.3 is 35.5 Å². The monoisotopic (exact) mass is 642 g/mol. The van der Waals surface area contributed by atoms with Crippen molar-refractivity contribution in [3.63, 3.8) is 0 Å². The van der Waals surface area contributed by atoms with Crippen molar-refractivity contribution in [3.8, 4) is 33.9 Å². The van der Waals surface area contributed by atoms with E-state index < -0.39 is 30.4 Å². The molecule has 2 atom stereocenters. The molecule has 0 fully saturated rings. The number of aliphatic hydroxyl groups excluding tert-OH is 2. The molecule has 0 aliphatic carbocycles. The molecule has 3 aromatic carbocycles. The number of hydrogen-bond acceptors (Lipinski definition) is 6. The summed E-state index contributed by atoms with van der Waals surface area (Å²) in [5.74, 6) is -1.11. The van der Waals surface area contributed by atoms with Gasteiger partial charge in [0.25, 0.3) is 5.91 Å². The van der Waals surface area contributed by atoms with Crippen molar-refractivity contribution in [1.29, 1.82) is 0 Å². The molecule has 1 aromatic heterocycles. The van der Waals surface area contributed by atoms with Crippen LogP contribution in [0, 0.1) is 5.82 Å². The van der Waals surface area contributed by atoms with E-state index in [1.807, 2.05) is 48.7 Å². The van der Waals surface area contributed by atoms with Crippen LogP contribution in [0.2, 0.25) is 0 Å². The molecule has 0 radical (unpaired) electrons. The van der Waals surface area contributed by atoms with Crippen LogP contribution in [-0.4, -0.2) is 87.7 Å². The molecule has 4 rings (SSSR count). The number of carbonyl (C=O) groups is 2. The Morgan fingerprint density at radius 2 is 1.50 bits per heavy atom. The summed E-state index contributed by atoms with van der Waals surface area (Å²) in [7, 11) is 3.05. The van der Waals surface area contributed by atoms with E-state index in [9.17, 15) is 24.2 Å². The first-order valence-electron chi connectivity index (χ1n) is 14.7. The van der Waals surface area contributed by atoms with Crippen LogP contribution in [0.5, 0.6) is 11.5 Å². The van der Waals surface area contributed by atoms with E-state index >= 15 is 0 Å². The molecule has 240 valence electrons. The normalized spacial score (nSPS) is 12.3. The molecule has 9 nitrogen and oxygen atoms in total. The molecular weight excluding hydrogens is 602 g/mol. The Morgan fingerprint density at radius 1 is 0.891 bits per heavy atom. The molecule has 0 aliphatic rings. The van der Waals surface area contributed by atoms with Crippen molar-refractivity contribution in [1.82, 2.24) is 4.57 Å². The van der Waals surface area contributed by atoms with Gasteiger partial charge < -0.3 is 34.7 Å². The number of ether oxygens (including phenoxy) is 2.